The molecular weight excluding hydrogens is 568 g/mol. The number of aromatic carboxylic acids is 6. The van der Waals surface area contributed by atoms with Crippen molar-refractivity contribution >= 4 is 35.8 Å². The van der Waals surface area contributed by atoms with Crippen molar-refractivity contribution in [1.82, 2.24) is 0 Å². The second-order valence-corrected chi connectivity index (χ2v) is 8.51. The molecule has 4 aromatic rings. The Kier molecular flexibility index (Phi) is 10.6. The second kappa shape index (κ2) is 13.8. The molecule has 0 aliphatic carbocycles. The van der Waals surface area contributed by atoms with Crippen molar-refractivity contribution in [3.05, 3.63) is 118 Å². The zero-order valence-corrected chi connectivity index (χ0v) is 21.7. The molecule has 0 saturated heterocycles. The van der Waals surface area contributed by atoms with Gasteiger partial charge in [0.1, 0.15) is 0 Å². The van der Waals surface area contributed by atoms with Gasteiger partial charge in [-0.05, 0) is 70.8 Å². The Balaban J connectivity index is 0.000000293. The maximum Gasteiger partial charge on any atom is 0.336 e. The van der Waals surface area contributed by atoms with Crippen LogP contribution in [0.2, 0.25) is 0 Å². The first-order valence-electron chi connectivity index (χ1n) is 11.7. The Labute approximate surface area is 241 Å². The van der Waals surface area contributed by atoms with Gasteiger partial charge < -0.3 is 36.1 Å². The van der Waals surface area contributed by atoms with E-state index in [1.807, 2.05) is 0 Å². The highest BCUT2D eigenvalue weighted by Gasteiger charge is 2.18. The number of hydrogen-bond donors (Lipinski definition) is 6. The standard InChI is InChI=1S/2C15H10O6.H2O/c2*16-13(17)10-3-1-2-8(6-10)9-4-5-11(14(18)19)12(7-9)15(20)21;/h2*1-7H,(H,16,17)(H,18,19)(H,20,21);1H2. The lowest BCUT2D eigenvalue weighted by Crippen LogP contribution is -2.08. The number of carboxylic acid groups (broad SMARTS) is 6. The van der Waals surface area contributed by atoms with Gasteiger partial charge in [0.05, 0.1) is 33.4 Å². The van der Waals surface area contributed by atoms with Crippen molar-refractivity contribution in [3.63, 3.8) is 0 Å². The molecule has 0 heterocycles. The summed E-state index contributed by atoms with van der Waals surface area (Å²) in [6.45, 7) is 0. The Hall–Kier alpha value is -6.34. The SMILES string of the molecule is O.O=C(O)c1cccc(-c2ccc(C(=O)O)c(C(=O)O)c2)c1.O=C(O)c1cccc(-c2ccc(C(=O)O)c(C(=O)O)c2)c1. The minimum atomic E-state index is -1.36. The fourth-order valence-corrected chi connectivity index (χ4v) is 3.84. The highest BCUT2D eigenvalue weighted by Crippen LogP contribution is 2.25. The van der Waals surface area contributed by atoms with Crippen LogP contribution < -0.4 is 0 Å². The number of carbonyl (C=O) groups is 6. The van der Waals surface area contributed by atoms with E-state index in [4.69, 9.17) is 30.6 Å². The molecule has 13 heteroatoms. The van der Waals surface area contributed by atoms with Crippen LogP contribution in [-0.4, -0.2) is 71.9 Å². The monoisotopic (exact) mass is 590 g/mol. The Morgan fingerprint density at radius 3 is 0.930 bits per heavy atom. The quantitative estimate of drug-likeness (QED) is 0.170. The smallest absolute Gasteiger partial charge is 0.336 e. The van der Waals surface area contributed by atoms with E-state index >= 15 is 0 Å². The van der Waals surface area contributed by atoms with E-state index < -0.39 is 35.8 Å². The first kappa shape index (κ1) is 32.9. The Bertz CT molecular complexity index is 1630. The first-order chi connectivity index (χ1) is 19.8. The van der Waals surface area contributed by atoms with Crippen LogP contribution in [0.4, 0.5) is 0 Å². The normalized spacial score (nSPS) is 9.86. The zero-order valence-electron chi connectivity index (χ0n) is 21.7. The van der Waals surface area contributed by atoms with Crippen molar-refractivity contribution in [2.45, 2.75) is 0 Å². The minimum Gasteiger partial charge on any atom is -0.478 e. The fourth-order valence-electron chi connectivity index (χ4n) is 3.84. The summed E-state index contributed by atoms with van der Waals surface area (Å²) < 4.78 is 0. The van der Waals surface area contributed by atoms with Gasteiger partial charge in [-0.25, -0.2) is 28.8 Å². The van der Waals surface area contributed by atoms with E-state index in [1.54, 1.807) is 12.1 Å². The second-order valence-electron chi connectivity index (χ2n) is 8.51. The molecule has 0 radical (unpaired) electrons. The average molecular weight is 590 g/mol. The molecule has 0 aromatic heterocycles. The zero-order chi connectivity index (χ0) is 31.1. The number of benzene rings is 4. The highest BCUT2D eigenvalue weighted by molar-refractivity contribution is 6.03. The van der Waals surface area contributed by atoms with E-state index in [1.165, 1.54) is 72.8 Å². The van der Waals surface area contributed by atoms with Gasteiger partial charge in [0.25, 0.3) is 0 Å². The molecule has 0 saturated carbocycles. The van der Waals surface area contributed by atoms with Crippen LogP contribution in [-0.2, 0) is 0 Å². The lowest BCUT2D eigenvalue weighted by atomic mass is 9.98. The molecule has 220 valence electrons. The molecule has 0 unspecified atom stereocenters. The molecule has 13 nitrogen and oxygen atoms in total. The summed E-state index contributed by atoms with van der Waals surface area (Å²) in [4.78, 5) is 66.1. The molecule has 43 heavy (non-hydrogen) atoms. The highest BCUT2D eigenvalue weighted by atomic mass is 16.4. The minimum absolute atomic E-state index is 0. The van der Waals surface area contributed by atoms with Gasteiger partial charge in [-0.1, -0.05) is 36.4 Å². The largest absolute Gasteiger partial charge is 0.478 e. The predicted molar refractivity (Wildman–Crippen MR) is 149 cm³/mol. The van der Waals surface area contributed by atoms with Gasteiger partial charge in [-0.2, -0.15) is 0 Å². The Morgan fingerprint density at radius 1 is 0.349 bits per heavy atom. The summed E-state index contributed by atoms with van der Waals surface area (Å²) in [6, 6.07) is 19.6. The summed E-state index contributed by atoms with van der Waals surface area (Å²) in [5.41, 5.74) is 0.644. The van der Waals surface area contributed by atoms with E-state index in [2.05, 4.69) is 0 Å². The molecule has 0 atom stereocenters. The van der Waals surface area contributed by atoms with Gasteiger partial charge in [0.2, 0.25) is 0 Å². The van der Waals surface area contributed by atoms with Crippen molar-refractivity contribution in [2.75, 3.05) is 0 Å². The summed E-state index contributed by atoms with van der Waals surface area (Å²) in [5, 5.41) is 53.9. The van der Waals surface area contributed by atoms with E-state index in [9.17, 15) is 28.8 Å². The van der Waals surface area contributed by atoms with Crippen molar-refractivity contribution < 1.29 is 64.9 Å². The molecule has 4 rings (SSSR count). The van der Waals surface area contributed by atoms with Crippen molar-refractivity contribution in [2.24, 2.45) is 0 Å². The molecule has 0 spiro atoms. The fraction of sp³-hybridized carbons (Fsp3) is 0. The molecule has 0 bridgehead atoms. The molecular formula is C30H22O13. The van der Waals surface area contributed by atoms with Crippen LogP contribution in [0, 0.1) is 0 Å². The number of carboxylic acids is 6. The third kappa shape index (κ3) is 7.87. The Morgan fingerprint density at radius 2 is 0.651 bits per heavy atom. The van der Waals surface area contributed by atoms with E-state index in [-0.39, 0.29) is 38.9 Å². The lowest BCUT2D eigenvalue weighted by molar-refractivity contribution is 0.0651. The van der Waals surface area contributed by atoms with Crippen LogP contribution in [0.15, 0.2) is 84.9 Å². The summed E-state index contributed by atoms with van der Waals surface area (Å²) >= 11 is 0. The summed E-state index contributed by atoms with van der Waals surface area (Å²) in [7, 11) is 0. The van der Waals surface area contributed by atoms with Gasteiger partial charge in [0.15, 0.2) is 0 Å². The molecule has 0 aliphatic heterocycles. The van der Waals surface area contributed by atoms with Gasteiger partial charge >= 0.3 is 35.8 Å². The van der Waals surface area contributed by atoms with Crippen LogP contribution in [0.5, 0.6) is 0 Å². The third-order valence-electron chi connectivity index (χ3n) is 5.85. The molecule has 0 aliphatic rings. The average Bonchev–Trinajstić information content (AvgIpc) is 2.96. The number of hydrogen-bond acceptors (Lipinski definition) is 6. The molecule has 4 aromatic carbocycles. The predicted octanol–water partition coefficient (Wildman–Crippen LogP) is 4.07. The summed E-state index contributed by atoms with van der Waals surface area (Å²) in [5.74, 6) is -7.58. The topological polar surface area (TPSA) is 255 Å². The van der Waals surface area contributed by atoms with Crippen LogP contribution >= 0.6 is 0 Å². The maximum atomic E-state index is 11.1. The first-order valence-corrected chi connectivity index (χ1v) is 11.7. The summed E-state index contributed by atoms with van der Waals surface area (Å²) in [6.07, 6.45) is 0. The van der Waals surface area contributed by atoms with E-state index in [0.29, 0.717) is 22.3 Å². The van der Waals surface area contributed by atoms with Crippen molar-refractivity contribution in [3.8, 4) is 22.3 Å². The van der Waals surface area contributed by atoms with Gasteiger partial charge in [-0.15, -0.1) is 0 Å². The molecule has 8 N–H and O–H groups in total. The third-order valence-corrected chi connectivity index (χ3v) is 5.85. The van der Waals surface area contributed by atoms with E-state index in [0.717, 1.165) is 0 Å². The number of rotatable bonds is 8. The molecule has 0 fully saturated rings. The van der Waals surface area contributed by atoms with Crippen LogP contribution in [0.3, 0.4) is 0 Å². The van der Waals surface area contributed by atoms with Crippen LogP contribution in [0.1, 0.15) is 62.1 Å². The molecule has 0 amide bonds. The lowest BCUT2D eigenvalue weighted by Gasteiger charge is -2.07. The van der Waals surface area contributed by atoms with Gasteiger partial charge in [-0.3, -0.25) is 0 Å². The van der Waals surface area contributed by atoms with Gasteiger partial charge in [0, 0.05) is 0 Å². The maximum absolute atomic E-state index is 11.1. The van der Waals surface area contributed by atoms with Crippen molar-refractivity contribution in [1.29, 1.82) is 0 Å². The van der Waals surface area contributed by atoms with Crippen LogP contribution in [0.25, 0.3) is 22.3 Å².